The van der Waals surface area contributed by atoms with E-state index in [2.05, 4.69) is 19.2 Å². The van der Waals surface area contributed by atoms with Crippen LogP contribution in [0.25, 0.3) is 0 Å². The first-order valence-corrected chi connectivity index (χ1v) is 5.10. The molecule has 1 rings (SSSR count). The van der Waals surface area contributed by atoms with E-state index in [4.69, 9.17) is 5.73 Å². The zero-order chi connectivity index (χ0) is 9.03. The Kier molecular flexibility index (Phi) is 3.53. The lowest BCUT2D eigenvalue weighted by Crippen LogP contribution is -2.39. The number of nitrogens with two attached hydrogens (primary N) is 1. The quantitative estimate of drug-likeness (QED) is 0.671. The van der Waals surface area contributed by atoms with E-state index in [-0.39, 0.29) is 0 Å². The molecule has 0 heterocycles. The summed E-state index contributed by atoms with van der Waals surface area (Å²) in [5, 5.41) is 3.49. The molecule has 1 fully saturated rings. The van der Waals surface area contributed by atoms with Crippen molar-refractivity contribution in [1.29, 1.82) is 0 Å². The molecule has 0 aromatic carbocycles. The minimum atomic E-state index is 0.474. The second-order valence-corrected chi connectivity index (χ2v) is 4.54. The van der Waals surface area contributed by atoms with Gasteiger partial charge in [0, 0.05) is 19.1 Å². The fourth-order valence-corrected chi connectivity index (χ4v) is 1.91. The lowest BCUT2D eigenvalue weighted by atomic mass is 9.89. The van der Waals surface area contributed by atoms with Crippen molar-refractivity contribution in [2.45, 2.75) is 45.6 Å². The SMILES string of the molecule is C[C@H](CN)NCC1(C)CCCC1. The van der Waals surface area contributed by atoms with E-state index in [9.17, 15) is 0 Å². The summed E-state index contributed by atoms with van der Waals surface area (Å²) < 4.78 is 0. The van der Waals surface area contributed by atoms with Crippen LogP contribution in [0.5, 0.6) is 0 Å². The Morgan fingerprint density at radius 3 is 2.50 bits per heavy atom. The first-order valence-electron chi connectivity index (χ1n) is 5.10. The topological polar surface area (TPSA) is 38.0 Å². The van der Waals surface area contributed by atoms with Gasteiger partial charge < -0.3 is 11.1 Å². The Morgan fingerprint density at radius 2 is 2.00 bits per heavy atom. The van der Waals surface area contributed by atoms with Crippen LogP contribution in [-0.4, -0.2) is 19.1 Å². The van der Waals surface area contributed by atoms with Crippen LogP contribution >= 0.6 is 0 Å². The van der Waals surface area contributed by atoms with Crippen molar-refractivity contribution in [3.8, 4) is 0 Å². The summed E-state index contributed by atoms with van der Waals surface area (Å²) in [6.45, 7) is 6.43. The smallest absolute Gasteiger partial charge is 0.0162 e. The highest BCUT2D eigenvalue weighted by molar-refractivity contribution is 4.83. The second-order valence-electron chi connectivity index (χ2n) is 4.54. The van der Waals surface area contributed by atoms with E-state index in [1.54, 1.807) is 0 Å². The molecule has 2 heteroatoms. The van der Waals surface area contributed by atoms with Crippen molar-refractivity contribution in [2.24, 2.45) is 11.1 Å². The van der Waals surface area contributed by atoms with Gasteiger partial charge in [0.05, 0.1) is 0 Å². The van der Waals surface area contributed by atoms with Gasteiger partial charge in [0.2, 0.25) is 0 Å². The van der Waals surface area contributed by atoms with Crippen LogP contribution in [0.15, 0.2) is 0 Å². The fourth-order valence-electron chi connectivity index (χ4n) is 1.91. The number of rotatable bonds is 4. The standard InChI is InChI=1S/C10H22N2/c1-9(7-11)12-8-10(2)5-3-4-6-10/h9,12H,3-8,11H2,1-2H3/t9-/m1/s1. The van der Waals surface area contributed by atoms with Gasteiger partial charge in [0.25, 0.3) is 0 Å². The predicted molar refractivity (Wildman–Crippen MR) is 53.1 cm³/mol. The van der Waals surface area contributed by atoms with Crippen molar-refractivity contribution in [1.82, 2.24) is 5.32 Å². The predicted octanol–water partition coefficient (Wildman–Crippen LogP) is 1.50. The molecule has 0 spiro atoms. The minimum absolute atomic E-state index is 0.474. The van der Waals surface area contributed by atoms with E-state index in [1.807, 2.05) is 0 Å². The normalized spacial score (nSPS) is 24.2. The van der Waals surface area contributed by atoms with Crippen LogP contribution in [0.4, 0.5) is 0 Å². The van der Waals surface area contributed by atoms with Gasteiger partial charge in [0.1, 0.15) is 0 Å². The Balaban J connectivity index is 2.21. The Labute approximate surface area is 75.9 Å². The monoisotopic (exact) mass is 170 g/mol. The molecule has 2 nitrogen and oxygen atoms in total. The summed E-state index contributed by atoms with van der Waals surface area (Å²) in [4.78, 5) is 0. The molecule has 0 aromatic heterocycles. The number of nitrogens with one attached hydrogen (secondary N) is 1. The maximum Gasteiger partial charge on any atom is 0.0162 e. The summed E-state index contributed by atoms with van der Waals surface area (Å²) in [7, 11) is 0. The summed E-state index contributed by atoms with van der Waals surface area (Å²) in [6.07, 6.45) is 5.60. The Morgan fingerprint density at radius 1 is 1.42 bits per heavy atom. The third-order valence-electron chi connectivity index (χ3n) is 3.04. The summed E-state index contributed by atoms with van der Waals surface area (Å²) >= 11 is 0. The first-order chi connectivity index (χ1) is 5.66. The Bertz CT molecular complexity index is 128. The number of hydrogen-bond donors (Lipinski definition) is 2. The molecule has 0 aliphatic heterocycles. The van der Waals surface area contributed by atoms with Gasteiger partial charge in [-0.25, -0.2) is 0 Å². The Hall–Kier alpha value is -0.0800. The molecule has 12 heavy (non-hydrogen) atoms. The molecule has 1 atom stereocenters. The molecule has 1 aliphatic rings. The molecule has 0 aromatic rings. The molecule has 72 valence electrons. The fraction of sp³-hybridized carbons (Fsp3) is 1.00. The number of hydrogen-bond acceptors (Lipinski definition) is 2. The van der Waals surface area contributed by atoms with Gasteiger partial charge in [-0.1, -0.05) is 19.8 Å². The third kappa shape index (κ3) is 2.76. The molecule has 0 amide bonds. The van der Waals surface area contributed by atoms with Gasteiger partial charge >= 0.3 is 0 Å². The van der Waals surface area contributed by atoms with Crippen molar-refractivity contribution in [3.05, 3.63) is 0 Å². The average Bonchev–Trinajstić information content (AvgIpc) is 2.49. The highest BCUT2D eigenvalue weighted by atomic mass is 14.9. The molecular formula is C10H22N2. The molecule has 0 radical (unpaired) electrons. The summed E-state index contributed by atoms with van der Waals surface area (Å²) in [5.74, 6) is 0. The lowest BCUT2D eigenvalue weighted by molar-refractivity contribution is 0.302. The van der Waals surface area contributed by atoms with E-state index in [1.165, 1.54) is 25.7 Å². The van der Waals surface area contributed by atoms with Crippen LogP contribution in [0.1, 0.15) is 39.5 Å². The molecular weight excluding hydrogens is 148 g/mol. The van der Waals surface area contributed by atoms with Crippen molar-refractivity contribution < 1.29 is 0 Å². The molecule has 0 saturated heterocycles. The van der Waals surface area contributed by atoms with Gasteiger partial charge in [0.15, 0.2) is 0 Å². The zero-order valence-corrected chi connectivity index (χ0v) is 8.40. The van der Waals surface area contributed by atoms with Crippen molar-refractivity contribution >= 4 is 0 Å². The van der Waals surface area contributed by atoms with Crippen LogP contribution in [0, 0.1) is 5.41 Å². The third-order valence-corrected chi connectivity index (χ3v) is 3.04. The van der Waals surface area contributed by atoms with Gasteiger partial charge in [-0.2, -0.15) is 0 Å². The molecule has 0 unspecified atom stereocenters. The lowest BCUT2D eigenvalue weighted by Gasteiger charge is -2.25. The van der Waals surface area contributed by atoms with Crippen LogP contribution in [0.3, 0.4) is 0 Å². The van der Waals surface area contributed by atoms with E-state index >= 15 is 0 Å². The average molecular weight is 170 g/mol. The van der Waals surface area contributed by atoms with Gasteiger partial charge in [-0.3, -0.25) is 0 Å². The van der Waals surface area contributed by atoms with E-state index in [0.717, 1.165) is 13.1 Å². The summed E-state index contributed by atoms with van der Waals surface area (Å²) in [5.41, 5.74) is 6.10. The first kappa shape index (κ1) is 10.0. The highest BCUT2D eigenvalue weighted by Crippen LogP contribution is 2.36. The molecule has 1 aliphatic carbocycles. The van der Waals surface area contributed by atoms with Crippen molar-refractivity contribution in [2.75, 3.05) is 13.1 Å². The van der Waals surface area contributed by atoms with Gasteiger partial charge in [-0.15, -0.1) is 0 Å². The highest BCUT2D eigenvalue weighted by Gasteiger charge is 2.28. The molecule has 0 bridgehead atoms. The van der Waals surface area contributed by atoms with E-state index in [0.29, 0.717) is 11.5 Å². The maximum atomic E-state index is 5.54. The van der Waals surface area contributed by atoms with Gasteiger partial charge in [-0.05, 0) is 25.2 Å². The summed E-state index contributed by atoms with van der Waals surface area (Å²) in [6, 6.07) is 0.474. The van der Waals surface area contributed by atoms with Crippen LogP contribution in [0.2, 0.25) is 0 Å². The minimum Gasteiger partial charge on any atom is -0.329 e. The van der Waals surface area contributed by atoms with Crippen LogP contribution < -0.4 is 11.1 Å². The van der Waals surface area contributed by atoms with E-state index < -0.39 is 0 Å². The van der Waals surface area contributed by atoms with Crippen LogP contribution in [-0.2, 0) is 0 Å². The molecule has 1 saturated carbocycles. The largest absolute Gasteiger partial charge is 0.329 e. The van der Waals surface area contributed by atoms with Crippen molar-refractivity contribution in [3.63, 3.8) is 0 Å². The zero-order valence-electron chi connectivity index (χ0n) is 8.40. The molecule has 3 N–H and O–H groups in total. The second kappa shape index (κ2) is 4.24. The maximum absolute atomic E-state index is 5.54.